The molecule has 2 heteroatoms. The summed E-state index contributed by atoms with van der Waals surface area (Å²) < 4.78 is 12.8. The first-order chi connectivity index (χ1) is 6.02. The Morgan fingerprint density at radius 3 is 2.38 bits per heavy atom. The molecule has 1 aromatic rings. The molecule has 2 N–H and O–H groups in total. The lowest BCUT2D eigenvalue weighted by molar-refractivity contribution is 0.510. The molecule has 0 aliphatic heterocycles. The van der Waals surface area contributed by atoms with Gasteiger partial charge < -0.3 is 5.73 Å². The highest BCUT2D eigenvalue weighted by Gasteiger charge is 2.12. The number of nitrogens with two attached hydrogens (primary N) is 1. The van der Waals surface area contributed by atoms with E-state index in [-0.39, 0.29) is 11.9 Å². The molecule has 0 saturated carbocycles. The van der Waals surface area contributed by atoms with Crippen molar-refractivity contribution in [2.75, 3.05) is 0 Å². The maximum Gasteiger partial charge on any atom is 0.123 e. The van der Waals surface area contributed by atoms with Crippen LogP contribution in [0, 0.1) is 18.7 Å². The van der Waals surface area contributed by atoms with Crippen molar-refractivity contribution >= 4 is 0 Å². The van der Waals surface area contributed by atoms with Gasteiger partial charge in [-0.2, -0.15) is 0 Å². The van der Waals surface area contributed by atoms with Gasteiger partial charge in [0.1, 0.15) is 5.82 Å². The molecule has 1 nitrogen and oxygen atoms in total. The number of aryl methyl sites for hydroxylation is 1. The Hall–Kier alpha value is -0.890. The normalized spacial score (nSPS) is 13.4. The van der Waals surface area contributed by atoms with Gasteiger partial charge in [0, 0.05) is 6.04 Å². The Morgan fingerprint density at radius 2 is 1.92 bits per heavy atom. The van der Waals surface area contributed by atoms with Crippen LogP contribution in [0.3, 0.4) is 0 Å². The van der Waals surface area contributed by atoms with Crippen molar-refractivity contribution in [3.63, 3.8) is 0 Å². The van der Waals surface area contributed by atoms with E-state index in [2.05, 4.69) is 13.8 Å². The summed E-state index contributed by atoms with van der Waals surface area (Å²) in [5.74, 6) is 0.182. The van der Waals surface area contributed by atoms with E-state index in [1.165, 1.54) is 12.1 Å². The molecule has 0 spiro atoms. The SMILES string of the molecule is Cc1cc(F)ccc1[C@H](N)C(C)C. The summed E-state index contributed by atoms with van der Waals surface area (Å²) in [7, 11) is 0. The summed E-state index contributed by atoms with van der Waals surface area (Å²) in [4.78, 5) is 0. The van der Waals surface area contributed by atoms with Gasteiger partial charge >= 0.3 is 0 Å². The molecule has 0 saturated heterocycles. The van der Waals surface area contributed by atoms with Gasteiger partial charge in [0.25, 0.3) is 0 Å². The number of benzene rings is 1. The van der Waals surface area contributed by atoms with Crippen LogP contribution < -0.4 is 5.73 Å². The minimum Gasteiger partial charge on any atom is -0.324 e. The first kappa shape index (κ1) is 10.2. The molecule has 0 amide bonds. The van der Waals surface area contributed by atoms with E-state index in [1.807, 2.05) is 6.92 Å². The molecule has 0 aliphatic carbocycles. The molecular formula is C11H16FN. The Labute approximate surface area is 78.8 Å². The van der Waals surface area contributed by atoms with E-state index in [0.29, 0.717) is 5.92 Å². The minimum absolute atomic E-state index is 0.000556. The molecule has 0 heterocycles. The van der Waals surface area contributed by atoms with E-state index in [1.54, 1.807) is 6.07 Å². The van der Waals surface area contributed by atoms with Gasteiger partial charge in [-0.25, -0.2) is 4.39 Å². The first-order valence-corrected chi connectivity index (χ1v) is 4.54. The standard InChI is InChI=1S/C11H16FN/c1-7(2)11(13)10-5-4-9(12)6-8(10)3/h4-7,11H,13H2,1-3H3/t11-/m1/s1. The highest BCUT2D eigenvalue weighted by molar-refractivity contribution is 5.29. The van der Waals surface area contributed by atoms with E-state index >= 15 is 0 Å². The fourth-order valence-corrected chi connectivity index (χ4v) is 1.37. The van der Waals surface area contributed by atoms with Crippen LogP contribution in [-0.2, 0) is 0 Å². The average Bonchev–Trinajstić information content (AvgIpc) is 2.03. The van der Waals surface area contributed by atoms with Crippen molar-refractivity contribution in [1.82, 2.24) is 0 Å². The van der Waals surface area contributed by atoms with Gasteiger partial charge in [-0.15, -0.1) is 0 Å². The van der Waals surface area contributed by atoms with Crippen molar-refractivity contribution in [3.05, 3.63) is 35.1 Å². The minimum atomic E-state index is -0.197. The van der Waals surface area contributed by atoms with E-state index < -0.39 is 0 Å². The van der Waals surface area contributed by atoms with Crippen molar-refractivity contribution in [2.24, 2.45) is 11.7 Å². The van der Waals surface area contributed by atoms with Gasteiger partial charge in [0.05, 0.1) is 0 Å². The molecule has 13 heavy (non-hydrogen) atoms. The second-order valence-corrected chi connectivity index (χ2v) is 3.77. The number of hydrogen-bond donors (Lipinski definition) is 1. The van der Waals surface area contributed by atoms with E-state index in [4.69, 9.17) is 5.73 Å². The number of rotatable bonds is 2. The largest absolute Gasteiger partial charge is 0.324 e. The third-order valence-corrected chi connectivity index (χ3v) is 2.31. The Balaban J connectivity index is 3.01. The lowest BCUT2D eigenvalue weighted by Gasteiger charge is -2.18. The molecule has 0 aliphatic rings. The summed E-state index contributed by atoms with van der Waals surface area (Å²) in [5, 5.41) is 0. The molecule has 1 aromatic carbocycles. The van der Waals surface area contributed by atoms with Crippen LogP contribution in [0.2, 0.25) is 0 Å². The summed E-state index contributed by atoms with van der Waals surface area (Å²) in [6, 6.07) is 4.76. The van der Waals surface area contributed by atoms with Crippen LogP contribution in [0.25, 0.3) is 0 Å². The van der Waals surface area contributed by atoms with Crippen LogP contribution in [0.1, 0.15) is 31.0 Å². The van der Waals surface area contributed by atoms with Gasteiger partial charge in [0.2, 0.25) is 0 Å². The third kappa shape index (κ3) is 2.28. The zero-order valence-corrected chi connectivity index (χ0v) is 8.34. The lowest BCUT2D eigenvalue weighted by Crippen LogP contribution is -2.17. The molecule has 72 valence electrons. The van der Waals surface area contributed by atoms with Gasteiger partial charge in [-0.05, 0) is 36.1 Å². The fraction of sp³-hybridized carbons (Fsp3) is 0.455. The Bertz CT molecular complexity index is 294. The molecule has 0 fully saturated rings. The smallest absolute Gasteiger partial charge is 0.123 e. The van der Waals surface area contributed by atoms with Crippen LogP contribution in [0.4, 0.5) is 4.39 Å². The van der Waals surface area contributed by atoms with Gasteiger partial charge in [0.15, 0.2) is 0 Å². The summed E-state index contributed by atoms with van der Waals surface area (Å²) in [5.41, 5.74) is 7.94. The molecule has 0 unspecified atom stereocenters. The Kier molecular flexibility index (Phi) is 3.04. The van der Waals surface area contributed by atoms with Gasteiger partial charge in [-0.3, -0.25) is 0 Å². The van der Waals surface area contributed by atoms with Crippen molar-refractivity contribution < 1.29 is 4.39 Å². The van der Waals surface area contributed by atoms with Crippen LogP contribution in [0.5, 0.6) is 0 Å². The molecule has 1 rings (SSSR count). The molecule has 0 radical (unpaired) electrons. The average molecular weight is 181 g/mol. The van der Waals surface area contributed by atoms with Crippen molar-refractivity contribution in [2.45, 2.75) is 26.8 Å². The van der Waals surface area contributed by atoms with Crippen LogP contribution >= 0.6 is 0 Å². The first-order valence-electron chi connectivity index (χ1n) is 4.54. The zero-order chi connectivity index (χ0) is 10.0. The fourth-order valence-electron chi connectivity index (χ4n) is 1.37. The summed E-state index contributed by atoms with van der Waals surface area (Å²) in [6.45, 7) is 6.02. The monoisotopic (exact) mass is 181 g/mol. The maximum absolute atomic E-state index is 12.8. The highest BCUT2D eigenvalue weighted by Crippen LogP contribution is 2.22. The topological polar surface area (TPSA) is 26.0 Å². The predicted octanol–water partition coefficient (Wildman–Crippen LogP) is 2.79. The third-order valence-electron chi connectivity index (χ3n) is 2.31. The lowest BCUT2D eigenvalue weighted by atomic mass is 9.93. The maximum atomic E-state index is 12.8. The molecular weight excluding hydrogens is 165 g/mol. The quantitative estimate of drug-likeness (QED) is 0.746. The van der Waals surface area contributed by atoms with Gasteiger partial charge in [-0.1, -0.05) is 19.9 Å². The second kappa shape index (κ2) is 3.88. The van der Waals surface area contributed by atoms with E-state index in [9.17, 15) is 4.39 Å². The predicted molar refractivity (Wildman–Crippen MR) is 52.9 cm³/mol. The van der Waals surface area contributed by atoms with Crippen molar-refractivity contribution in [1.29, 1.82) is 0 Å². The summed E-state index contributed by atoms with van der Waals surface area (Å²) in [6.07, 6.45) is 0. The second-order valence-electron chi connectivity index (χ2n) is 3.77. The zero-order valence-electron chi connectivity index (χ0n) is 8.34. The number of hydrogen-bond acceptors (Lipinski definition) is 1. The van der Waals surface area contributed by atoms with Crippen LogP contribution in [0.15, 0.2) is 18.2 Å². The summed E-state index contributed by atoms with van der Waals surface area (Å²) >= 11 is 0. The highest BCUT2D eigenvalue weighted by atomic mass is 19.1. The molecule has 0 bridgehead atoms. The Morgan fingerprint density at radius 1 is 1.31 bits per heavy atom. The van der Waals surface area contributed by atoms with E-state index in [0.717, 1.165) is 11.1 Å². The molecule has 0 aromatic heterocycles. The number of halogens is 1. The van der Waals surface area contributed by atoms with Crippen molar-refractivity contribution in [3.8, 4) is 0 Å². The van der Waals surface area contributed by atoms with Crippen LogP contribution in [-0.4, -0.2) is 0 Å². The molecule has 1 atom stereocenters.